The van der Waals surface area contributed by atoms with Gasteiger partial charge in [-0.3, -0.25) is 4.79 Å². The van der Waals surface area contributed by atoms with Crippen molar-refractivity contribution in [2.75, 3.05) is 0 Å². The zero-order valence-corrected chi connectivity index (χ0v) is 14.3. The molecular weight excluding hydrogens is 380 g/mol. The first-order chi connectivity index (χ1) is 11.0. The van der Waals surface area contributed by atoms with Crippen molar-refractivity contribution in [2.24, 2.45) is 0 Å². The van der Waals surface area contributed by atoms with Gasteiger partial charge in [-0.25, -0.2) is 4.68 Å². The van der Waals surface area contributed by atoms with Crippen LogP contribution in [0.15, 0.2) is 59.2 Å². The molecule has 2 aromatic carbocycles. The molecular formula is C17H12BrClN2O2. The van der Waals surface area contributed by atoms with Crippen molar-refractivity contribution in [2.45, 2.75) is 6.42 Å². The van der Waals surface area contributed by atoms with E-state index in [0.29, 0.717) is 16.3 Å². The summed E-state index contributed by atoms with van der Waals surface area (Å²) in [6.45, 7) is 0. The third-order valence-corrected chi connectivity index (χ3v) is 4.08. The molecule has 0 saturated heterocycles. The van der Waals surface area contributed by atoms with Crippen LogP contribution in [0.1, 0.15) is 5.56 Å². The van der Waals surface area contributed by atoms with Gasteiger partial charge in [0.05, 0.1) is 17.8 Å². The molecule has 0 atom stereocenters. The first-order valence-corrected chi connectivity index (χ1v) is 8.02. The van der Waals surface area contributed by atoms with Crippen LogP contribution in [0.2, 0.25) is 5.02 Å². The molecule has 1 N–H and O–H groups in total. The molecule has 0 bridgehead atoms. The molecule has 0 unspecified atom stereocenters. The van der Waals surface area contributed by atoms with E-state index < -0.39 is 5.97 Å². The summed E-state index contributed by atoms with van der Waals surface area (Å²) >= 11 is 9.43. The van der Waals surface area contributed by atoms with Crippen molar-refractivity contribution < 1.29 is 9.90 Å². The van der Waals surface area contributed by atoms with Crippen LogP contribution in [0, 0.1) is 0 Å². The molecule has 116 valence electrons. The van der Waals surface area contributed by atoms with E-state index in [9.17, 15) is 4.79 Å². The van der Waals surface area contributed by atoms with Crippen molar-refractivity contribution >= 4 is 33.5 Å². The van der Waals surface area contributed by atoms with Crippen LogP contribution in [0.4, 0.5) is 0 Å². The number of hydrogen-bond acceptors (Lipinski definition) is 2. The molecule has 3 aromatic rings. The molecule has 0 saturated carbocycles. The van der Waals surface area contributed by atoms with Crippen LogP contribution in [-0.2, 0) is 11.2 Å². The van der Waals surface area contributed by atoms with E-state index >= 15 is 0 Å². The summed E-state index contributed by atoms with van der Waals surface area (Å²) in [6, 6.07) is 14.9. The fourth-order valence-electron chi connectivity index (χ4n) is 2.31. The Labute approximate surface area is 146 Å². The SMILES string of the molecule is O=C(O)Cc1cn(-c2ccc(Br)cc2)nc1-c1cccc(Cl)c1. The zero-order chi connectivity index (χ0) is 16.4. The number of benzene rings is 2. The summed E-state index contributed by atoms with van der Waals surface area (Å²) in [7, 11) is 0. The largest absolute Gasteiger partial charge is 0.481 e. The molecule has 3 rings (SSSR count). The van der Waals surface area contributed by atoms with Gasteiger partial charge in [0.25, 0.3) is 0 Å². The maximum Gasteiger partial charge on any atom is 0.307 e. The van der Waals surface area contributed by atoms with Gasteiger partial charge < -0.3 is 5.11 Å². The predicted octanol–water partition coefficient (Wildman–Crippen LogP) is 4.58. The summed E-state index contributed by atoms with van der Waals surface area (Å²) < 4.78 is 2.65. The van der Waals surface area contributed by atoms with Crippen molar-refractivity contribution in [3.05, 3.63) is 69.8 Å². The third kappa shape index (κ3) is 3.63. The topological polar surface area (TPSA) is 55.1 Å². The minimum absolute atomic E-state index is 0.0988. The minimum Gasteiger partial charge on any atom is -0.481 e. The Kier molecular flexibility index (Phi) is 4.50. The first-order valence-electron chi connectivity index (χ1n) is 6.85. The summed E-state index contributed by atoms with van der Waals surface area (Å²) in [6.07, 6.45) is 1.64. The van der Waals surface area contributed by atoms with Gasteiger partial charge in [-0.15, -0.1) is 0 Å². The molecule has 1 heterocycles. The summed E-state index contributed by atoms with van der Waals surface area (Å²) in [4.78, 5) is 11.1. The fraction of sp³-hybridized carbons (Fsp3) is 0.0588. The van der Waals surface area contributed by atoms with Crippen LogP contribution in [0.3, 0.4) is 0 Å². The summed E-state index contributed by atoms with van der Waals surface area (Å²) in [5, 5.41) is 14.3. The lowest BCUT2D eigenvalue weighted by molar-refractivity contribution is -0.136. The highest BCUT2D eigenvalue weighted by Gasteiger charge is 2.15. The van der Waals surface area contributed by atoms with E-state index in [-0.39, 0.29) is 6.42 Å². The van der Waals surface area contributed by atoms with Crippen molar-refractivity contribution in [3.63, 3.8) is 0 Å². The second-order valence-corrected chi connectivity index (χ2v) is 6.36. The van der Waals surface area contributed by atoms with E-state index in [0.717, 1.165) is 15.7 Å². The third-order valence-electron chi connectivity index (χ3n) is 3.32. The average Bonchev–Trinajstić information content (AvgIpc) is 2.91. The first kappa shape index (κ1) is 15.8. The Balaban J connectivity index is 2.10. The lowest BCUT2D eigenvalue weighted by Gasteiger charge is -2.02. The van der Waals surface area contributed by atoms with E-state index in [2.05, 4.69) is 21.0 Å². The number of nitrogens with zero attached hydrogens (tertiary/aromatic N) is 2. The smallest absolute Gasteiger partial charge is 0.307 e. The number of aromatic nitrogens is 2. The van der Waals surface area contributed by atoms with E-state index in [4.69, 9.17) is 16.7 Å². The lowest BCUT2D eigenvalue weighted by atomic mass is 10.1. The van der Waals surface area contributed by atoms with E-state index in [1.54, 1.807) is 23.0 Å². The van der Waals surface area contributed by atoms with Crippen molar-refractivity contribution in [1.82, 2.24) is 9.78 Å². The summed E-state index contributed by atoms with van der Waals surface area (Å²) in [5.74, 6) is -0.899. The Bertz CT molecular complexity index is 859. The number of halogens is 2. The molecule has 0 fully saturated rings. The molecule has 6 heteroatoms. The molecule has 0 aliphatic carbocycles. The van der Waals surface area contributed by atoms with Gasteiger partial charge in [-0.05, 0) is 36.4 Å². The van der Waals surface area contributed by atoms with Crippen LogP contribution >= 0.6 is 27.5 Å². The molecule has 0 radical (unpaired) electrons. The Morgan fingerprint density at radius 3 is 2.61 bits per heavy atom. The molecule has 1 aromatic heterocycles. The maximum absolute atomic E-state index is 11.1. The molecule has 23 heavy (non-hydrogen) atoms. The quantitative estimate of drug-likeness (QED) is 0.708. The molecule has 0 amide bonds. The van der Waals surface area contributed by atoms with Gasteiger partial charge in [0, 0.05) is 26.8 Å². The van der Waals surface area contributed by atoms with Gasteiger partial charge in [0.2, 0.25) is 0 Å². The van der Waals surface area contributed by atoms with Crippen LogP contribution < -0.4 is 0 Å². The Hall–Kier alpha value is -2.11. The molecule has 0 spiro atoms. The number of carboxylic acids is 1. The number of carboxylic acid groups (broad SMARTS) is 1. The Morgan fingerprint density at radius 1 is 1.22 bits per heavy atom. The van der Waals surface area contributed by atoms with Gasteiger partial charge in [0.15, 0.2) is 0 Å². The minimum atomic E-state index is -0.899. The summed E-state index contributed by atoms with van der Waals surface area (Å²) in [5.41, 5.74) is 2.92. The second-order valence-electron chi connectivity index (χ2n) is 5.00. The van der Waals surface area contributed by atoms with Crippen molar-refractivity contribution in [1.29, 1.82) is 0 Å². The van der Waals surface area contributed by atoms with Crippen LogP contribution in [-0.4, -0.2) is 20.9 Å². The van der Waals surface area contributed by atoms with Gasteiger partial charge in [-0.1, -0.05) is 39.7 Å². The second kappa shape index (κ2) is 6.56. The predicted molar refractivity (Wildman–Crippen MR) is 93.0 cm³/mol. The highest BCUT2D eigenvalue weighted by molar-refractivity contribution is 9.10. The van der Waals surface area contributed by atoms with Gasteiger partial charge >= 0.3 is 5.97 Å². The van der Waals surface area contributed by atoms with E-state index in [1.807, 2.05) is 36.4 Å². The Morgan fingerprint density at radius 2 is 1.96 bits per heavy atom. The lowest BCUT2D eigenvalue weighted by Crippen LogP contribution is -2.00. The van der Waals surface area contributed by atoms with E-state index in [1.165, 1.54) is 0 Å². The van der Waals surface area contributed by atoms with Crippen LogP contribution in [0.5, 0.6) is 0 Å². The molecule has 0 aliphatic heterocycles. The number of aliphatic carboxylic acids is 1. The maximum atomic E-state index is 11.1. The normalized spacial score (nSPS) is 10.7. The highest BCUT2D eigenvalue weighted by Crippen LogP contribution is 2.26. The molecule has 4 nitrogen and oxygen atoms in total. The molecule has 0 aliphatic rings. The number of rotatable bonds is 4. The fourth-order valence-corrected chi connectivity index (χ4v) is 2.76. The van der Waals surface area contributed by atoms with Crippen molar-refractivity contribution in [3.8, 4) is 16.9 Å². The standard InChI is InChI=1S/C17H12BrClN2O2/c18-13-4-6-15(7-5-13)21-10-12(9-16(22)23)17(20-21)11-2-1-3-14(19)8-11/h1-8,10H,9H2,(H,22,23). The highest BCUT2D eigenvalue weighted by atomic mass is 79.9. The van der Waals surface area contributed by atoms with Gasteiger partial charge in [0.1, 0.15) is 0 Å². The number of hydrogen-bond donors (Lipinski definition) is 1. The van der Waals surface area contributed by atoms with Crippen LogP contribution in [0.25, 0.3) is 16.9 Å². The monoisotopic (exact) mass is 390 g/mol. The zero-order valence-electron chi connectivity index (χ0n) is 11.9. The van der Waals surface area contributed by atoms with Gasteiger partial charge in [-0.2, -0.15) is 5.10 Å². The number of carbonyl (C=O) groups is 1. The average molecular weight is 392 g/mol.